The van der Waals surface area contributed by atoms with E-state index in [1.54, 1.807) is 13.0 Å². The van der Waals surface area contributed by atoms with E-state index < -0.39 is 0 Å². The molecule has 0 spiro atoms. The van der Waals surface area contributed by atoms with Crippen LogP contribution in [-0.4, -0.2) is 46.6 Å². The van der Waals surface area contributed by atoms with E-state index in [0.717, 1.165) is 24.6 Å². The van der Waals surface area contributed by atoms with Crippen molar-refractivity contribution in [2.45, 2.75) is 19.9 Å². The van der Waals surface area contributed by atoms with Crippen LogP contribution >= 0.6 is 11.8 Å². The second-order valence-corrected chi connectivity index (χ2v) is 5.36. The molecule has 1 aromatic heterocycles. The molecular formula is C11H17N3O2S. The van der Waals surface area contributed by atoms with Gasteiger partial charge < -0.3 is 9.84 Å². The minimum Gasteiger partial charge on any atom is -0.360 e. The number of anilines is 1. The molecule has 0 saturated carbocycles. The largest absolute Gasteiger partial charge is 0.360 e. The average Bonchev–Trinajstić information content (AvgIpc) is 2.75. The highest BCUT2D eigenvalue weighted by Gasteiger charge is 2.23. The van der Waals surface area contributed by atoms with Gasteiger partial charge in [-0.15, -0.1) is 0 Å². The third-order valence-electron chi connectivity index (χ3n) is 2.85. The van der Waals surface area contributed by atoms with Gasteiger partial charge in [0.25, 0.3) is 0 Å². The number of carbonyl (C=O) groups excluding carboxylic acids is 1. The van der Waals surface area contributed by atoms with Crippen molar-refractivity contribution in [3.8, 4) is 0 Å². The number of thioether (sulfide) groups is 1. The Labute approximate surface area is 105 Å². The lowest BCUT2D eigenvalue weighted by Gasteiger charge is -2.30. The van der Waals surface area contributed by atoms with Crippen LogP contribution in [0.5, 0.6) is 0 Å². The molecule has 94 valence electrons. The molecule has 1 unspecified atom stereocenters. The Balaban J connectivity index is 1.90. The summed E-state index contributed by atoms with van der Waals surface area (Å²) in [7, 11) is 0. The zero-order valence-corrected chi connectivity index (χ0v) is 10.9. The smallest absolute Gasteiger partial charge is 0.242 e. The maximum Gasteiger partial charge on any atom is 0.242 e. The van der Waals surface area contributed by atoms with Crippen LogP contribution < -0.4 is 5.32 Å². The van der Waals surface area contributed by atoms with Gasteiger partial charge in [-0.05, 0) is 13.8 Å². The van der Waals surface area contributed by atoms with Gasteiger partial charge >= 0.3 is 0 Å². The summed E-state index contributed by atoms with van der Waals surface area (Å²) in [5.74, 6) is 3.36. The highest BCUT2D eigenvalue weighted by molar-refractivity contribution is 7.99. The summed E-state index contributed by atoms with van der Waals surface area (Å²) in [5, 5.41) is 6.52. The van der Waals surface area contributed by atoms with E-state index >= 15 is 0 Å². The average molecular weight is 255 g/mol. The first-order chi connectivity index (χ1) is 8.16. The van der Waals surface area contributed by atoms with Crippen molar-refractivity contribution in [2.24, 2.45) is 0 Å². The molecule has 0 bridgehead atoms. The SMILES string of the molecule is Cc1cc(NC(=O)C(C)N2CCSCC2)no1. The van der Waals surface area contributed by atoms with Gasteiger partial charge in [-0.3, -0.25) is 9.69 Å². The van der Waals surface area contributed by atoms with E-state index in [9.17, 15) is 4.79 Å². The van der Waals surface area contributed by atoms with Crippen molar-refractivity contribution in [1.82, 2.24) is 10.1 Å². The predicted molar refractivity (Wildman–Crippen MR) is 68.2 cm³/mol. The summed E-state index contributed by atoms with van der Waals surface area (Å²) in [6.07, 6.45) is 0. The Kier molecular flexibility index (Phi) is 4.06. The first-order valence-electron chi connectivity index (χ1n) is 5.73. The first kappa shape index (κ1) is 12.4. The van der Waals surface area contributed by atoms with Gasteiger partial charge in [-0.1, -0.05) is 5.16 Å². The molecule has 0 aliphatic carbocycles. The summed E-state index contributed by atoms with van der Waals surface area (Å²) in [5.41, 5.74) is 0. The van der Waals surface area contributed by atoms with E-state index in [1.807, 2.05) is 18.7 Å². The Morgan fingerprint density at radius 2 is 2.29 bits per heavy atom. The molecule has 1 atom stereocenters. The fraction of sp³-hybridized carbons (Fsp3) is 0.636. The van der Waals surface area contributed by atoms with Gasteiger partial charge in [0.15, 0.2) is 5.82 Å². The van der Waals surface area contributed by atoms with Crippen LogP contribution in [0.25, 0.3) is 0 Å². The van der Waals surface area contributed by atoms with Gasteiger partial charge in [0.1, 0.15) is 5.76 Å². The zero-order valence-electron chi connectivity index (χ0n) is 10.1. The fourth-order valence-corrected chi connectivity index (χ4v) is 2.72. The number of rotatable bonds is 3. The van der Waals surface area contributed by atoms with Gasteiger partial charge in [-0.25, -0.2) is 0 Å². The van der Waals surface area contributed by atoms with Crippen LogP contribution in [0.3, 0.4) is 0 Å². The van der Waals surface area contributed by atoms with Gasteiger partial charge in [-0.2, -0.15) is 11.8 Å². The maximum atomic E-state index is 12.0. The van der Waals surface area contributed by atoms with E-state index in [1.165, 1.54) is 0 Å². The fourth-order valence-electron chi connectivity index (χ4n) is 1.79. The Morgan fingerprint density at radius 3 is 2.88 bits per heavy atom. The minimum atomic E-state index is -0.118. The first-order valence-corrected chi connectivity index (χ1v) is 6.88. The normalized spacial score (nSPS) is 18.9. The Hall–Kier alpha value is -1.01. The lowest BCUT2D eigenvalue weighted by Crippen LogP contribution is -2.46. The van der Waals surface area contributed by atoms with Crippen LogP contribution in [0.1, 0.15) is 12.7 Å². The van der Waals surface area contributed by atoms with Crippen LogP contribution in [0.2, 0.25) is 0 Å². The monoisotopic (exact) mass is 255 g/mol. The van der Waals surface area contributed by atoms with Crippen molar-refractivity contribution in [3.63, 3.8) is 0 Å². The molecule has 1 saturated heterocycles. The van der Waals surface area contributed by atoms with Crippen molar-refractivity contribution in [2.75, 3.05) is 29.9 Å². The molecule has 2 rings (SSSR count). The van der Waals surface area contributed by atoms with Crippen LogP contribution in [0.15, 0.2) is 10.6 Å². The van der Waals surface area contributed by atoms with E-state index in [0.29, 0.717) is 11.6 Å². The second kappa shape index (κ2) is 5.55. The third kappa shape index (κ3) is 3.23. The molecule has 1 N–H and O–H groups in total. The molecule has 1 aliphatic heterocycles. The molecule has 2 heterocycles. The maximum absolute atomic E-state index is 12.0. The van der Waals surface area contributed by atoms with Crippen molar-refractivity contribution in [3.05, 3.63) is 11.8 Å². The van der Waals surface area contributed by atoms with Gasteiger partial charge in [0, 0.05) is 30.7 Å². The summed E-state index contributed by atoms with van der Waals surface area (Å²) >= 11 is 1.93. The summed E-state index contributed by atoms with van der Waals surface area (Å²) in [6.45, 7) is 5.67. The van der Waals surface area contributed by atoms with Crippen molar-refractivity contribution >= 4 is 23.5 Å². The molecule has 1 aromatic rings. The highest BCUT2D eigenvalue weighted by Crippen LogP contribution is 2.14. The third-order valence-corrected chi connectivity index (χ3v) is 3.79. The molecular weight excluding hydrogens is 238 g/mol. The number of nitrogens with one attached hydrogen (secondary N) is 1. The predicted octanol–water partition coefficient (Wildman–Crippen LogP) is 1.36. The molecule has 1 amide bonds. The molecule has 6 heteroatoms. The second-order valence-electron chi connectivity index (χ2n) is 4.14. The molecule has 5 nitrogen and oxygen atoms in total. The number of hydrogen-bond donors (Lipinski definition) is 1. The quantitative estimate of drug-likeness (QED) is 0.883. The van der Waals surface area contributed by atoms with E-state index in [4.69, 9.17) is 4.52 Å². The number of carbonyl (C=O) groups is 1. The summed E-state index contributed by atoms with van der Waals surface area (Å²) in [4.78, 5) is 14.2. The highest BCUT2D eigenvalue weighted by atomic mass is 32.2. The molecule has 0 radical (unpaired) electrons. The number of amides is 1. The van der Waals surface area contributed by atoms with Crippen LogP contribution in [0, 0.1) is 6.92 Å². The van der Waals surface area contributed by atoms with Gasteiger partial charge in [0.2, 0.25) is 5.91 Å². The lowest BCUT2D eigenvalue weighted by atomic mass is 10.2. The lowest BCUT2D eigenvalue weighted by molar-refractivity contribution is -0.120. The standard InChI is InChI=1S/C11H17N3O2S/c1-8-7-10(13-16-8)12-11(15)9(2)14-3-5-17-6-4-14/h7,9H,3-6H2,1-2H3,(H,12,13,15). The Morgan fingerprint density at radius 1 is 1.59 bits per heavy atom. The molecule has 1 fully saturated rings. The van der Waals surface area contributed by atoms with E-state index in [2.05, 4.69) is 15.4 Å². The molecule has 1 aliphatic rings. The topological polar surface area (TPSA) is 58.4 Å². The number of nitrogens with zero attached hydrogens (tertiary/aromatic N) is 2. The zero-order chi connectivity index (χ0) is 12.3. The molecule has 0 aromatic carbocycles. The van der Waals surface area contributed by atoms with Crippen molar-refractivity contribution in [1.29, 1.82) is 0 Å². The van der Waals surface area contributed by atoms with Crippen LogP contribution in [0.4, 0.5) is 5.82 Å². The number of aryl methyl sites for hydroxylation is 1. The van der Waals surface area contributed by atoms with Gasteiger partial charge in [0.05, 0.1) is 6.04 Å². The number of hydrogen-bond acceptors (Lipinski definition) is 5. The summed E-state index contributed by atoms with van der Waals surface area (Å²) in [6, 6.07) is 1.60. The number of aromatic nitrogens is 1. The molecule has 17 heavy (non-hydrogen) atoms. The summed E-state index contributed by atoms with van der Waals surface area (Å²) < 4.78 is 4.91. The Bertz CT molecular complexity index is 388. The minimum absolute atomic E-state index is 0.0230. The van der Waals surface area contributed by atoms with Crippen molar-refractivity contribution < 1.29 is 9.32 Å². The van der Waals surface area contributed by atoms with E-state index in [-0.39, 0.29) is 11.9 Å². The van der Waals surface area contributed by atoms with Crippen LogP contribution in [-0.2, 0) is 4.79 Å².